The van der Waals surface area contributed by atoms with Gasteiger partial charge in [0.1, 0.15) is 13.2 Å². The number of hydrogen-bond acceptors (Lipinski definition) is 4. The first-order valence-corrected chi connectivity index (χ1v) is 7.64. The van der Waals surface area contributed by atoms with E-state index in [0.717, 1.165) is 18.5 Å². The number of ether oxygens (including phenoxy) is 2. The van der Waals surface area contributed by atoms with Gasteiger partial charge in [-0.2, -0.15) is 0 Å². The molecule has 0 saturated carbocycles. The lowest BCUT2D eigenvalue weighted by Crippen LogP contribution is -2.25. The van der Waals surface area contributed by atoms with E-state index < -0.39 is 0 Å². The molecule has 0 aliphatic carbocycles. The number of halogens is 1. The van der Waals surface area contributed by atoms with Crippen LogP contribution in [0.3, 0.4) is 0 Å². The van der Waals surface area contributed by atoms with Gasteiger partial charge in [0, 0.05) is 12.6 Å². The zero-order valence-electron chi connectivity index (χ0n) is 12.9. The predicted octanol–water partition coefficient (Wildman–Crippen LogP) is 2.19. The summed E-state index contributed by atoms with van der Waals surface area (Å²) in [6.45, 7) is 2.60. The molecular weight excluding hydrogens is 304 g/mol. The number of rotatable bonds is 6. The van der Waals surface area contributed by atoms with Crippen LogP contribution in [-0.2, 0) is 4.79 Å². The van der Waals surface area contributed by atoms with Gasteiger partial charge in [-0.1, -0.05) is 11.6 Å². The van der Waals surface area contributed by atoms with Gasteiger partial charge in [0.2, 0.25) is 5.91 Å². The summed E-state index contributed by atoms with van der Waals surface area (Å²) in [5.74, 6) is 1.06. The largest absolute Gasteiger partial charge is 0.486 e. The zero-order valence-corrected chi connectivity index (χ0v) is 13.7. The van der Waals surface area contributed by atoms with E-state index >= 15 is 0 Å². The summed E-state index contributed by atoms with van der Waals surface area (Å²) in [7, 11) is 4.01. The molecule has 0 aromatic heterocycles. The third kappa shape index (κ3) is 4.93. The van der Waals surface area contributed by atoms with Gasteiger partial charge in [0.25, 0.3) is 0 Å². The van der Waals surface area contributed by atoms with E-state index in [0.29, 0.717) is 36.3 Å². The molecule has 22 heavy (non-hydrogen) atoms. The molecule has 0 atom stereocenters. The number of carbonyl (C=O) groups excluding carboxylic acids is 1. The average molecular weight is 325 g/mol. The molecule has 0 radical (unpaired) electrons. The number of nitrogens with zero attached hydrogens (tertiary/aromatic N) is 1. The third-order valence-corrected chi connectivity index (χ3v) is 3.41. The highest BCUT2D eigenvalue weighted by Gasteiger charge is 2.15. The Morgan fingerprint density at radius 2 is 2.14 bits per heavy atom. The summed E-state index contributed by atoms with van der Waals surface area (Å²) in [4.78, 5) is 13.8. The molecule has 1 aromatic carbocycles. The van der Waals surface area contributed by atoms with Crippen molar-refractivity contribution in [1.29, 1.82) is 0 Å². The van der Waals surface area contributed by atoms with Gasteiger partial charge >= 0.3 is 0 Å². The lowest BCUT2D eigenvalue weighted by Gasteiger charge is -2.19. The maximum atomic E-state index is 11.7. The van der Waals surface area contributed by atoms with Gasteiger partial charge < -0.3 is 19.7 Å². The monoisotopic (exact) mass is 324 g/mol. The minimum absolute atomic E-state index is 0.121. The van der Waals surface area contributed by atoms with Crippen molar-refractivity contribution in [2.24, 2.45) is 0 Å². The van der Waals surface area contributed by atoms with Crippen molar-refractivity contribution in [3.63, 3.8) is 0 Å². The number of hydrogen-bond donors (Lipinski definition) is 1. The van der Waals surface area contributed by atoms with Gasteiger partial charge in [-0.25, -0.2) is 0 Å². The second kappa shape index (κ2) is 8.06. The van der Waals surface area contributed by atoms with Crippen LogP contribution in [0.4, 0.5) is 0 Å². The molecule has 1 amide bonds. The highest BCUT2D eigenvalue weighted by molar-refractivity contribution is 6.32. The van der Waals surface area contributed by atoms with Crippen LogP contribution in [0.2, 0.25) is 5.02 Å². The fourth-order valence-electron chi connectivity index (χ4n) is 2.06. The summed E-state index contributed by atoms with van der Waals surface area (Å²) in [5.41, 5.74) is 0.803. The third-order valence-electron chi connectivity index (χ3n) is 3.13. The summed E-state index contributed by atoms with van der Waals surface area (Å²) >= 11 is 6.15. The van der Waals surface area contributed by atoms with Crippen LogP contribution in [0.1, 0.15) is 12.0 Å². The Bertz CT molecular complexity index is 559. The number of amides is 1. The number of nitrogens with one attached hydrogen (secondary N) is 1. The van der Waals surface area contributed by atoms with E-state index in [4.69, 9.17) is 21.1 Å². The predicted molar refractivity (Wildman–Crippen MR) is 87.7 cm³/mol. The first kappa shape index (κ1) is 16.6. The molecule has 0 fully saturated rings. The Kier molecular flexibility index (Phi) is 6.10. The second-order valence-corrected chi connectivity index (χ2v) is 5.72. The molecule has 1 aliphatic rings. The van der Waals surface area contributed by atoms with Gasteiger partial charge in [0.15, 0.2) is 11.5 Å². The van der Waals surface area contributed by atoms with Crippen molar-refractivity contribution in [2.45, 2.75) is 6.42 Å². The van der Waals surface area contributed by atoms with Gasteiger partial charge in [0.05, 0.1) is 5.02 Å². The van der Waals surface area contributed by atoms with Crippen LogP contribution in [0.5, 0.6) is 11.5 Å². The Hall–Kier alpha value is -1.72. The van der Waals surface area contributed by atoms with Gasteiger partial charge in [-0.15, -0.1) is 0 Å². The summed E-state index contributed by atoms with van der Waals surface area (Å²) in [6.07, 6.45) is 4.13. The minimum atomic E-state index is -0.121. The summed E-state index contributed by atoms with van der Waals surface area (Å²) in [5, 5.41) is 3.33. The topological polar surface area (TPSA) is 50.8 Å². The molecule has 5 nitrogen and oxygen atoms in total. The van der Waals surface area contributed by atoms with Crippen molar-refractivity contribution >= 4 is 23.6 Å². The van der Waals surface area contributed by atoms with E-state index in [1.807, 2.05) is 20.2 Å². The maximum absolute atomic E-state index is 11.7. The van der Waals surface area contributed by atoms with Crippen LogP contribution in [0.15, 0.2) is 18.2 Å². The Balaban J connectivity index is 1.90. The van der Waals surface area contributed by atoms with E-state index in [9.17, 15) is 4.79 Å². The number of fused-ring (bicyclic) bond motifs is 1. The van der Waals surface area contributed by atoms with Gasteiger partial charge in [-0.05, 0) is 50.8 Å². The maximum Gasteiger partial charge on any atom is 0.243 e. The molecule has 1 N–H and O–H groups in total. The normalized spacial score (nSPS) is 13.6. The Morgan fingerprint density at radius 1 is 1.36 bits per heavy atom. The molecule has 1 aromatic rings. The van der Waals surface area contributed by atoms with Crippen LogP contribution in [-0.4, -0.2) is 51.2 Å². The lowest BCUT2D eigenvalue weighted by molar-refractivity contribution is -0.116. The van der Waals surface area contributed by atoms with Gasteiger partial charge in [-0.3, -0.25) is 4.79 Å². The van der Waals surface area contributed by atoms with Crippen molar-refractivity contribution in [3.8, 4) is 11.5 Å². The molecular formula is C16H21ClN2O3. The molecule has 2 rings (SSSR count). The fourth-order valence-corrected chi connectivity index (χ4v) is 2.34. The summed E-state index contributed by atoms with van der Waals surface area (Å²) in [6, 6.07) is 3.57. The van der Waals surface area contributed by atoms with Crippen molar-refractivity contribution in [2.75, 3.05) is 40.4 Å². The van der Waals surface area contributed by atoms with Crippen LogP contribution in [0, 0.1) is 0 Å². The van der Waals surface area contributed by atoms with Crippen LogP contribution in [0.25, 0.3) is 6.08 Å². The van der Waals surface area contributed by atoms with Crippen molar-refractivity contribution in [1.82, 2.24) is 10.2 Å². The minimum Gasteiger partial charge on any atom is -0.486 e. The Labute approximate surface area is 135 Å². The SMILES string of the molecule is CN(C)CCCNC(=O)C=Cc1cc(Cl)c2c(c1)OCCO2. The molecule has 6 heteroatoms. The highest BCUT2D eigenvalue weighted by Crippen LogP contribution is 2.38. The van der Waals surface area contributed by atoms with E-state index in [-0.39, 0.29) is 5.91 Å². The molecule has 0 saturated heterocycles. The van der Waals surface area contributed by atoms with Crippen LogP contribution < -0.4 is 14.8 Å². The zero-order chi connectivity index (χ0) is 15.9. The van der Waals surface area contributed by atoms with Crippen molar-refractivity contribution in [3.05, 3.63) is 28.8 Å². The molecule has 1 heterocycles. The van der Waals surface area contributed by atoms with Crippen LogP contribution >= 0.6 is 11.6 Å². The number of benzene rings is 1. The lowest BCUT2D eigenvalue weighted by atomic mass is 10.1. The fraction of sp³-hybridized carbons (Fsp3) is 0.438. The first-order valence-electron chi connectivity index (χ1n) is 7.26. The standard InChI is InChI=1S/C16H21ClN2O3/c1-19(2)7-3-6-18-15(20)5-4-12-10-13(17)16-14(11-12)21-8-9-22-16/h4-5,10-11H,3,6-9H2,1-2H3,(H,18,20). The molecule has 0 spiro atoms. The van der Waals surface area contributed by atoms with Crippen molar-refractivity contribution < 1.29 is 14.3 Å². The smallest absolute Gasteiger partial charge is 0.243 e. The molecule has 1 aliphatic heterocycles. The molecule has 0 unspecified atom stereocenters. The van der Waals surface area contributed by atoms with E-state index in [2.05, 4.69) is 10.2 Å². The molecule has 120 valence electrons. The first-order chi connectivity index (χ1) is 10.6. The second-order valence-electron chi connectivity index (χ2n) is 5.31. The average Bonchev–Trinajstić information content (AvgIpc) is 2.49. The number of carbonyl (C=O) groups is 1. The highest BCUT2D eigenvalue weighted by atomic mass is 35.5. The Morgan fingerprint density at radius 3 is 2.91 bits per heavy atom. The summed E-state index contributed by atoms with van der Waals surface area (Å²) < 4.78 is 11.0. The molecule has 0 bridgehead atoms. The van der Waals surface area contributed by atoms with E-state index in [1.54, 1.807) is 12.1 Å². The quantitative estimate of drug-likeness (QED) is 0.644. The van der Waals surface area contributed by atoms with E-state index in [1.165, 1.54) is 6.08 Å².